The van der Waals surface area contributed by atoms with E-state index in [0.29, 0.717) is 4.47 Å². The number of hydrogen-bond donors (Lipinski definition) is 1. The second-order valence-corrected chi connectivity index (χ2v) is 7.92. The number of hydrogen-bond acceptors (Lipinski definition) is 5. The van der Waals surface area contributed by atoms with Gasteiger partial charge in [-0.2, -0.15) is 0 Å². The summed E-state index contributed by atoms with van der Waals surface area (Å²) in [5.41, 5.74) is 0.219. The summed E-state index contributed by atoms with van der Waals surface area (Å²) in [4.78, 5) is 36.9. The van der Waals surface area contributed by atoms with Gasteiger partial charge in [0.25, 0.3) is 27.7 Å². The minimum Gasteiger partial charge on any atom is -0.277 e. The van der Waals surface area contributed by atoms with Crippen molar-refractivity contribution in [1.82, 2.24) is 9.62 Å². The number of amides is 3. The van der Waals surface area contributed by atoms with E-state index in [1.165, 1.54) is 49.5 Å². The minimum absolute atomic E-state index is 0.0316. The van der Waals surface area contributed by atoms with Gasteiger partial charge in [-0.05, 0) is 42.5 Å². The highest BCUT2D eigenvalue weighted by molar-refractivity contribution is 9.10. The Kier molecular flexibility index (Phi) is 4.21. The fourth-order valence-electron chi connectivity index (χ4n) is 2.36. The molecule has 2 aromatic carbocycles. The molecule has 0 bridgehead atoms. The maximum atomic E-state index is 12.3. The van der Waals surface area contributed by atoms with Gasteiger partial charge in [0.2, 0.25) is 0 Å². The largest absolute Gasteiger partial charge is 0.277 e. The second kappa shape index (κ2) is 6.08. The Bertz CT molecular complexity index is 1020. The monoisotopic (exact) mass is 422 g/mol. The van der Waals surface area contributed by atoms with E-state index in [0.717, 1.165) is 4.90 Å². The van der Waals surface area contributed by atoms with Crippen molar-refractivity contribution in [3.63, 3.8) is 0 Å². The molecule has 0 saturated carbocycles. The molecular weight excluding hydrogens is 412 g/mol. The molecule has 1 aliphatic heterocycles. The fourth-order valence-corrected chi connectivity index (χ4v) is 3.59. The summed E-state index contributed by atoms with van der Waals surface area (Å²) in [5, 5.41) is 0. The molecule has 0 saturated heterocycles. The molecule has 0 atom stereocenters. The molecule has 128 valence electrons. The van der Waals surface area contributed by atoms with Gasteiger partial charge >= 0.3 is 0 Å². The normalized spacial score (nSPS) is 13.8. The molecule has 0 radical (unpaired) electrons. The highest BCUT2D eigenvalue weighted by Crippen LogP contribution is 2.23. The molecule has 1 N–H and O–H groups in total. The van der Waals surface area contributed by atoms with Crippen molar-refractivity contribution in [3.8, 4) is 0 Å². The average molecular weight is 423 g/mol. The van der Waals surface area contributed by atoms with Gasteiger partial charge in [0.05, 0.1) is 16.0 Å². The first-order chi connectivity index (χ1) is 11.7. The zero-order chi connectivity index (χ0) is 18.4. The van der Waals surface area contributed by atoms with Crippen molar-refractivity contribution in [2.24, 2.45) is 0 Å². The van der Waals surface area contributed by atoms with Gasteiger partial charge in [-0.15, -0.1) is 0 Å². The van der Waals surface area contributed by atoms with Gasteiger partial charge in [0, 0.05) is 17.1 Å². The Balaban J connectivity index is 1.89. The number of imide groups is 1. The summed E-state index contributed by atoms with van der Waals surface area (Å²) in [5.74, 6) is -1.89. The Morgan fingerprint density at radius 2 is 1.60 bits per heavy atom. The van der Waals surface area contributed by atoms with Crippen LogP contribution in [0.2, 0.25) is 0 Å². The van der Waals surface area contributed by atoms with Gasteiger partial charge in [-0.3, -0.25) is 19.3 Å². The van der Waals surface area contributed by atoms with E-state index in [2.05, 4.69) is 15.9 Å². The SMILES string of the molecule is CN1C(=O)c2ccc(C(=O)NS(=O)(=O)c3ccc(Br)cc3)cc2C1=O. The lowest BCUT2D eigenvalue weighted by Gasteiger charge is -2.07. The van der Waals surface area contributed by atoms with Crippen molar-refractivity contribution in [3.05, 3.63) is 63.6 Å². The van der Waals surface area contributed by atoms with E-state index in [1.807, 2.05) is 4.72 Å². The number of halogens is 1. The van der Waals surface area contributed by atoms with Crippen LogP contribution in [0.3, 0.4) is 0 Å². The number of rotatable bonds is 3. The Morgan fingerprint density at radius 1 is 1.00 bits per heavy atom. The van der Waals surface area contributed by atoms with Crippen LogP contribution in [0.4, 0.5) is 0 Å². The summed E-state index contributed by atoms with van der Waals surface area (Å²) >= 11 is 3.20. The first-order valence-electron chi connectivity index (χ1n) is 7.00. The molecule has 25 heavy (non-hydrogen) atoms. The van der Waals surface area contributed by atoms with Gasteiger partial charge < -0.3 is 0 Å². The lowest BCUT2D eigenvalue weighted by molar-refractivity contribution is 0.0693. The topological polar surface area (TPSA) is 101 Å². The summed E-state index contributed by atoms with van der Waals surface area (Å²) in [7, 11) is -2.72. The van der Waals surface area contributed by atoms with E-state index in [-0.39, 0.29) is 21.6 Å². The minimum atomic E-state index is -4.06. The number of fused-ring (bicyclic) bond motifs is 1. The molecule has 2 aromatic rings. The number of carbonyl (C=O) groups excluding carboxylic acids is 3. The van der Waals surface area contributed by atoms with Gasteiger partial charge in [-0.1, -0.05) is 15.9 Å². The van der Waals surface area contributed by atoms with Crippen LogP contribution in [0.5, 0.6) is 0 Å². The van der Waals surface area contributed by atoms with Crippen molar-refractivity contribution in [2.45, 2.75) is 4.90 Å². The molecule has 0 aromatic heterocycles. The van der Waals surface area contributed by atoms with E-state index in [9.17, 15) is 22.8 Å². The zero-order valence-corrected chi connectivity index (χ0v) is 15.2. The number of sulfonamides is 1. The van der Waals surface area contributed by atoms with Crippen molar-refractivity contribution < 1.29 is 22.8 Å². The highest BCUT2D eigenvalue weighted by Gasteiger charge is 2.33. The van der Waals surface area contributed by atoms with E-state index < -0.39 is 27.7 Å². The van der Waals surface area contributed by atoms with Gasteiger partial charge in [0.1, 0.15) is 0 Å². The highest BCUT2D eigenvalue weighted by atomic mass is 79.9. The average Bonchev–Trinajstić information content (AvgIpc) is 2.79. The van der Waals surface area contributed by atoms with Gasteiger partial charge in [-0.25, -0.2) is 13.1 Å². The summed E-state index contributed by atoms with van der Waals surface area (Å²) in [6, 6.07) is 9.61. The maximum absolute atomic E-state index is 12.3. The van der Waals surface area contributed by atoms with Crippen LogP contribution in [0.1, 0.15) is 31.1 Å². The molecule has 0 aliphatic carbocycles. The smallest absolute Gasteiger partial charge is 0.265 e. The molecule has 0 spiro atoms. The number of nitrogens with zero attached hydrogens (tertiary/aromatic N) is 1. The first kappa shape index (κ1) is 17.3. The summed E-state index contributed by atoms with van der Waals surface area (Å²) < 4.78 is 27.1. The number of benzene rings is 2. The summed E-state index contributed by atoms with van der Waals surface area (Å²) in [6.45, 7) is 0. The summed E-state index contributed by atoms with van der Waals surface area (Å²) in [6.07, 6.45) is 0. The molecule has 0 fully saturated rings. The second-order valence-electron chi connectivity index (χ2n) is 5.32. The van der Waals surface area contributed by atoms with Crippen LogP contribution < -0.4 is 4.72 Å². The molecular formula is C16H11BrN2O5S. The van der Waals surface area contributed by atoms with Crippen LogP contribution in [0, 0.1) is 0 Å². The van der Waals surface area contributed by atoms with E-state index >= 15 is 0 Å². The van der Waals surface area contributed by atoms with Crippen LogP contribution in [0.25, 0.3) is 0 Å². The van der Waals surface area contributed by atoms with Crippen LogP contribution in [-0.2, 0) is 10.0 Å². The molecule has 3 amide bonds. The predicted molar refractivity (Wildman–Crippen MR) is 91.7 cm³/mol. The number of nitrogens with one attached hydrogen (secondary N) is 1. The Morgan fingerprint density at radius 3 is 2.24 bits per heavy atom. The molecule has 9 heteroatoms. The quantitative estimate of drug-likeness (QED) is 0.759. The molecule has 1 heterocycles. The van der Waals surface area contributed by atoms with E-state index in [4.69, 9.17) is 0 Å². The van der Waals surface area contributed by atoms with Crippen LogP contribution >= 0.6 is 15.9 Å². The van der Waals surface area contributed by atoms with Crippen molar-refractivity contribution >= 4 is 43.7 Å². The predicted octanol–water partition coefficient (Wildman–Crippen LogP) is 1.79. The van der Waals surface area contributed by atoms with Crippen molar-refractivity contribution in [1.29, 1.82) is 0 Å². The lowest BCUT2D eigenvalue weighted by atomic mass is 10.1. The fraction of sp³-hybridized carbons (Fsp3) is 0.0625. The lowest BCUT2D eigenvalue weighted by Crippen LogP contribution is -2.30. The third kappa shape index (κ3) is 3.08. The first-order valence-corrected chi connectivity index (χ1v) is 9.27. The molecule has 3 rings (SSSR count). The maximum Gasteiger partial charge on any atom is 0.265 e. The Labute approximate surface area is 151 Å². The van der Waals surface area contributed by atoms with Gasteiger partial charge in [0.15, 0.2) is 0 Å². The van der Waals surface area contributed by atoms with Crippen molar-refractivity contribution in [2.75, 3.05) is 7.05 Å². The van der Waals surface area contributed by atoms with E-state index in [1.54, 1.807) is 0 Å². The third-order valence-electron chi connectivity index (χ3n) is 3.70. The van der Waals surface area contributed by atoms with Crippen LogP contribution in [-0.4, -0.2) is 38.1 Å². The standard InChI is InChI=1S/C16H11BrN2O5S/c1-19-15(21)12-7-2-9(8-13(12)16(19)22)14(20)18-25(23,24)11-5-3-10(17)4-6-11/h2-8H,1H3,(H,18,20). The molecule has 7 nitrogen and oxygen atoms in total. The zero-order valence-electron chi connectivity index (χ0n) is 12.8. The molecule has 1 aliphatic rings. The number of carbonyl (C=O) groups is 3. The Hall–Kier alpha value is -2.52. The third-order valence-corrected chi connectivity index (χ3v) is 5.58. The van der Waals surface area contributed by atoms with Crippen LogP contribution in [0.15, 0.2) is 51.8 Å². The molecule has 0 unspecified atom stereocenters.